The molecular formula is C11H13F4ISSi. The molecule has 0 saturated carbocycles. The molecule has 0 spiro atoms. The minimum atomic E-state index is -4.08. The molecule has 0 heterocycles. The molecule has 0 N–H and O–H groups in total. The molecule has 1 aromatic carbocycles. The zero-order valence-corrected chi connectivity index (χ0v) is 14.1. The molecule has 0 unspecified atom stereocenters. The van der Waals surface area contributed by atoms with Crippen LogP contribution >= 0.6 is 34.4 Å². The smallest absolute Gasteiger partial charge is 0.204 e. The molecule has 18 heavy (non-hydrogen) atoms. The molecule has 102 valence electrons. The molecule has 0 aliphatic rings. The summed E-state index contributed by atoms with van der Waals surface area (Å²) in [5.74, 6) is 0. The van der Waals surface area contributed by atoms with Crippen LogP contribution < -0.4 is 0 Å². The predicted molar refractivity (Wildman–Crippen MR) is 78.3 cm³/mol. The lowest BCUT2D eigenvalue weighted by Crippen LogP contribution is -2.55. The first-order valence-electron chi connectivity index (χ1n) is 5.17. The largest absolute Gasteiger partial charge is 0.356 e. The van der Waals surface area contributed by atoms with Crippen molar-refractivity contribution >= 4 is 42.4 Å². The predicted octanol–water partition coefficient (Wildman–Crippen LogP) is 5.49. The van der Waals surface area contributed by atoms with Gasteiger partial charge in [-0.25, -0.2) is 8.78 Å². The number of alkyl halides is 4. The Morgan fingerprint density at radius 3 is 1.83 bits per heavy atom. The van der Waals surface area contributed by atoms with Crippen molar-refractivity contribution in [3.63, 3.8) is 0 Å². The van der Waals surface area contributed by atoms with E-state index in [9.17, 15) is 17.6 Å². The monoisotopic (exact) mass is 408 g/mol. The van der Waals surface area contributed by atoms with Crippen LogP contribution in [0.2, 0.25) is 19.6 Å². The second kappa shape index (κ2) is 5.32. The molecule has 0 nitrogen and oxygen atoms in total. The highest BCUT2D eigenvalue weighted by Gasteiger charge is 2.64. The van der Waals surface area contributed by atoms with Crippen molar-refractivity contribution in [2.24, 2.45) is 0 Å². The van der Waals surface area contributed by atoms with Gasteiger partial charge < -0.3 is 0 Å². The van der Waals surface area contributed by atoms with Crippen LogP contribution in [0.15, 0.2) is 29.2 Å². The third kappa shape index (κ3) is 3.41. The van der Waals surface area contributed by atoms with E-state index in [1.165, 1.54) is 31.8 Å². The van der Waals surface area contributed by atoms with Gasteiger partial charge in [-0.3, -0.25) is 0 Å². The van der Waals surface area contributed by atoms with Crippen LogP contribution in [-0.4, -0.2) is 18.9 Å². The SMILES string of the molecule is C[Si](C)(C)C(F)(F)C(F)(F)Sc1ccc(I)cc1. The number of hydrogen-bond acceptors (Lipinski definition) is 1. The quantitative estimate of drug-likeness (QED) is 0.275. The summed E-state index contributed by atoms with van der Waals surface area (Å²) in [6.07, 6.45) is 0. The summed E-state index contributed by atoms with van der Waals surface area (Å²) in [4.78, 5) is 0.151. The first kappa shape index (κ1) is 16.3. The fraction of sp³-hybridized carbons (Fsp3) is 0.455. The van der Waals surface area contributed by atoms with Crippen LogP contribution in [0.5, 0.6) is 0 Å². The highest BCUT2D eigenvalue weighted by molar-refractivity contribution is 14.1. The Morgan fingerprint density at radius 1 is 1.00 bits per heavy atom. The highest BCUT2D eigenvalue weighted by Crippen LogP contribution is 2.50. The summed E-state index contributed by atoms with van der Waals surface area (Å²) >= 11 is 1.96. The van der Waals surface area contributed by atoms with Gasteiger partial charge in [-0.15, -0.1) is 0 Å². The fourth-order valence-electron chi connectivity index (χ4n) is 1.15. The Kier molecular flexibility index (Phi) is 4.81. The first-order valence-corrected chi connectivity index (χ1v) is 10.6. The van der Waals surface area contributed by atoms with Crippen molar-refractivity contribution in [1.29, 1.82) is 0 Å². The Balaban J connectivity index is 2.97. The van der Waals surface area contributed by atoms with Gasteiger partial charge in [0.25, 0.3) is 5.55 Å². The minimum absolute atomic E-state index is 0.0635. The maximum absolute atomic E-state index is 13.8. The molecule has 0 aliphatic carbocycles. The van der Waals surface area contributed by atoms with E-state index in [4.69, 9.17) is 0 Å². The summed E-state index contributed by atoms with van der Waals surface area (Å²) in [7, 11) is -3.29. The van der Waals surface area contributed by atoms with Crippen molar-refractivity contribution in [2.75, 3.05) is 0 Å². The lowest BCUT2D eigenvalue weighted by Gasteiger charge is -2.34. The van der Waals surface area contributed by atoms with E-state index in [1.807, 2.05) is 22.6 Å². The standard InChI is InChI=1S/C11H13F4ISSi/c1-18(2,3)11(14,15)10(12,13)17-9-6-4-8(16)5-7-9/h4-7H,1-3H3. The van der Waals surface area contributed by atoms with Crippen molar-refractivity contribution in [3.05, 3.63) is 27.8 Å². The molecule has 1 rings (SSSR count). The summed E-state index contributed by atoms with van der Waals surface area (Å²) in [5, 5.41) is -4.08. The third-order valence-corrected chi connectivity index (χ3v) is 6.49. The van der Waals surface area contributed by atoms with Crippen LogP contribution in [0.1, 0.15) is 0 Å². The fourth-order valence-corrected chi connectivity index (χ4v) is 4.15. The first-order chi connectivity index (χ1) is 7.97. The van der Waals surface area contributed by atoms with E-state index in [0.717, 1.165) is 3.57 Å². The normalized spacial score (nSPS) is 13.8. The Morgan fingerprint density at radius 2 is 1.44 bits per heavy atom. The van der Waals surface area contributed by atoms with Crippen molar-refractivity contribution in [3.8, 4) is 0 Å². The van der Waals surface area contributed by atoms with Gasteiger partial charge >= 0.3 is 5.25 Å². The molecule has 7 heteroatoms. The third-order valence-electron chi connectivity index (χ3n) is 2.37. The minimum Gasteiger partial charge on any atom is -0.204 e. The molecular weight excluding hydrogens is 395 g/mol. The number of hydrogen-bond donors (Lipinski definition) is 0. The van der Waals surface area contributed by atoms with E-state index < -0.39 is 18.9 Å². The molecule has 0 amide bonds. The van der Waals surface area contributed by atoms with Gasteiger partial charge in [0.15, 0.2) is 0 Å². The molecule has 1 aromatic rings. The molecule has 0 radical (unpaired) electrons. The van der Waals surface area contributed by atoms with Crippen LogP contribution in [0.3, 0.4) is 0 Å². The average Bonchev–Trinajstić information content (AvgIpc) is 2.19. The zero-order valence-electron chi connectivity index (χ0n) is 10.1. The Labute approximate surface area is 123 Å². The molecule has 0 saturated heterocycles. The van der Waals surface area contributed by atoms with Crippen molar-refractivity contribution in [1.82, 2.24) is 0 Å². The number of thioether (sulfide) groups is 1. The highest BCUT2D eigenvalue weighted by atomic mass is 127. The molecule has 0 bridgehead atoms. The van der Waals surface area contributed by atoms with Gasteiger partial charge in [-0.2, -0.15) is 8.78 Å². The van der Waals surface area contributed by atoms with Gasteiger partial charge in [0.2, 0.25) is 0 Å². The lowest BCUT2D eigenvalue weighted by molar-refractivity contribution is -0.0985. The van der Waals surface area contributed by atoms with E-state index in [1.54, 1.807) is 12.1 Å². The maximum atomic E-state index is 13.8. The number of benzene rings is 1. The Bertz CT molecular complexity index is 414. The summed E-state index contributed by atoms with van der Waals surface area (Å²) in [5.41, 5.74) is -3.95. The van der Waals surface area contributed by atoms with Crippen LogP contribution in [0.25, 0.3) is 0 Å². The topological polar surface area (TPSA) is 0 Å². The van der Waals surface area contributed by atoms with Gasteiger partial charge in [-0.05, 0) is 58.6 Å². The maximum Gasteiger partial charge on any atom is 0.356 e. The average molecular weight is 408 g/mol. The Hall–Kier alpha value is 0.237. The summed E-state index contributed by atoms with van der Waals surface area (Å²) < 4.78 is 55.9. The van der Waals surface area contributed by atoms with Crippen molar-refractivity contribution < 1.29 is 17.6 Å². The van der Waals surface area contributed by atoms with E-state index in [0.29, 0.717) is 0 Å². The van der Waals surface area contributed by atoms with Gasteiger partial charge in [0, 0.05) is 8.47 Å². The van der Waals surface area contributed by atoms with E-state index >= 15 is 0 Å². The summed E-state index contributed by atoms with van der Waals surface area (Å²) in [6, 6.07) is 6.10. The number of rotatable bonds is 4. The lowest BCUT2D eigenvalue weighted by atomic mass is 10.4. The van der Waals surface area contributed by atoms with Crippen molar-refractivity contribution in [2.45, 2.75) is 35.3 Å². The van der Waals surface area contributed by atoms with Gasteiger partial charge in [0.05, 0.1) is 0 Å². The van der Waals surface area contributed by atoms with E-state index in [-0.39, 0.29) is 16.7 Å². The van der Waals surface area contributed by atoms with Crippen LogP contribution in [0.4, 0.5) is 17.6 Å². The van der Waals surface area contributed by atoms with Crippen LogP contribution in [0, 0.1) is 3.57 Å². The van der Waals surface area contributed by atoms with E-state index in [2.05, 4.69) is 0 Å². The van der Waals surface area contributed by atoms with Crippen LogP contribution in [-0.2, 0) is 0 Å². The molecule has 0 atom stereocenters. The summed E-state index contributed by atoms with van der Waals surface area (Å²) in [6.45, 7) is 3.74. The molecule has 0 fully saturated rings. The number of halogens is 5. The molecule has 0 aromatic heterocycles. The second-order valence-electron chi connectivity index (χ2n) is 4.90. The van der Waals surface area contributed by atoms with Gasteiger partial charge in [-0.1, -0.05) is 19.6 Å². The second-order valence-corrected chi connectivity index (χ2v) is 12.5. The zero-order chi connectivity index (χ0) is 14.2. The molecule has 0 aliphatic heterocycles. The van der Waals surface area contributed by atoms with Gasteiger partial charge in [0.1, 0.15) is 8.07 Å².